The molecular formula is C8H19N3. The highest BCUT2D eigenvalue weighted by molar-refractivity contribution is 5.77. The fraction of sp³-hybridized carbons (Fsp3) is 0.875. The molecule has 0 spiro atoms. The molecule has 0 aliphatic heterocycles. The van der Waals surface area contributed by atoms with E-state index in [1.54, 1.807) is 0 Å². The lowest BCUT2D eigenvalue weighted by Crippen LogP contribution is -2.36. The average Bonchev–Trinajstić information content (AvgIpc) is 1.86. The van der Waals surface area contributed by atoms with Gasteiger partial charge in [-0.15, -0.1) is 0 Å². The van der Waals surface area contributed by atoms with Crippen LogP contribution in [-0.2, 0) is 0 Å². The van der Waals surface area contributed by atoms with E-state index in [9.17, 15) is 0 Å². The standard InChI is InChI=1S/C8H19N3/c1-5-10-8(9)11(4)6-7(2)3/h7H,5-6H2,1-4H3,(H2,9,10). The molecule has 0 aromatic heterocycles. The summed E-state index contributed by atoms with van der Waals surface area (Å²) < 4.78 is 0. The molecule has 66 valence electrons. The zero-order valence-corrected chi connectivity index (χ0v) is 7.96. The van der Waals surface area contributed by atoms with Crippen LogP contribution in [0.1, 0.15) is 20.8 Å². The Balaban J connectivity index is 3.82. The van der Waals surface area contributed by atoms with E-state index in [0.29, 0.717) is 11.9 Å². The molecule has 3 heteroatoms. The van der Waals surface area contributed by atoms with Crippen LogP contribution in [0.4, 0.5) is 0 Å². The molecule has 0 saturated heterocycles. The van der Waals surface area contributed by atoms with Gasteiger partial charge in [0.1, 0.15) is 0 Å². The molecule has 11 heavy (non-hydrogen) atoms. The summed E-state index contributed by atoms with van der Waals surface area (Å²) in [6, 6.07) is 0. The van der Waals surface area contributed by atoms with Crippen molar-refractivity contribution in [1.82, 2.24) is 4.90 Å². The molecule has 0 amide bonds. The van der Waals surface area contributed by atoms with Gasteiger partial charge in [-0.25, -0.2) is 0 Å². The molecule has 3 nitrogen and oxygen atoms in total. The largest absolute Gasteiger partial charge is 0.370 e. The van der Waals surface area contributed by atoms with Gasteiger partial charge in [-0.2, -0.15) is 0 Å². The second-order valence-electron chi connectivity index (χ2n) is 3.11. The molecule has 0 unspecified atom stereocenters. The van der Waals surface area contributed by atoms with E-state index in [1.807, 2.05) is 18.9 Å². The van der Waals surface area contributed by atoms with Crippen molar-refractivity contribution in [2.75, 3.05) is 20.1 Å². The molecule has 0 atom stereocenters. The molecule has 0 radical (unpaired) electrons. The molecular weight excluding hydrogens is 138 g/mol. The maximum Gasteiger partial charge on any atom is 0.190 e. The van der Waals surface area contributed by atoms with E-state index in [-0.39, 0.29) is 0 Å². The molecule has 0 aromatic carbocycles. The Labute approximate surface area is 69.3 Å². The van der Waals surface area contributed by atoms with Crippen LogP contribution in [0.3, 0.4) is 0 Å². The summed E-state index contributed by atoms with van der Waals surface area (Å²) in [7, 11) is 1.97. The van der Waals surface area contributed by atoms with Crippen LogP contribution >= 0.6 is 0 Å². The van der Waals surface area contributed by atoms with Crippen LogP contribution in [0.5, 0.6) is 0 Å². The van der Waals surface area contributed by atoms with Crippen molar-refractivity contribution in [3.05, 3.63) is 0 Å². The maximum atomic E-state index is 5.65. The van der Waals surface area contributed by atoms with Crippen molar-refractivity contribution in [3.8, 4) is 0 Å². The third kappa shape index (κ3) is 4.65. The van der Waals surface area contributed by atoms with Gasteiger partial charge in [-0.05, 0) is 12.8 Å². The van der Waals surface area contributed by atoms with Crippen LogP contribution in [0.25, 0.3) is 0 Å². The van der Waals surface area contributed by atoms with E-state index in [4.69, 9.17) is 5.73 Å². The van der Waals surface area contributed by atoms with Gasteiger partial charge in [0.15, 0.2) is 5.96 Å². The van der Waals surface area contributed by atoms with Gasteiger partial charge in [0.2, 0.25) is 0 Å². The minimum atomic E-state index is 0.630. The summed E-state index contributed by atoms with van der Waals surface area (Å²) in [5, 5.41) is 0. The lowest BCUT2D eigenvalue weighted by molar-refractivity contribution is 0.420. The van der Waals surface area contributed by atoms with E-state index < -0.39 is 0 Å². The predicted molar refractivity (Wildman–Crippen MR) is 49.6 cm³/mol. The lowest BCUT2D eigenvalue weighted by atomic mass is 10.2. The summed E-state index contributed by atoms with van der Waals surface area (Å²) in [5.74, 6) is 1.27. The molecule has 0 bridgehead atoms. The Morgan fingerprint density at radius 1 is 1.55 bits per heavy atom. The van der Waals surface area contributed by atoms with Crippen molar-refractivity contribution in [1.29, 1.82) is 0 Å². The van der Waals surface area contributed by atoms with Gasteiger partial charge < -0.3 is 10.6 Å². The minimum Gasteiger partial charge on any atom is -0.370 e. The number of nitrogens with zero attached hydrogens (tertiary/aromatic N) is 2. The quantitative estimate of drug-likeness (QED) is 0.488. The fourth-order valence-electron chi connectivity index (χ4n) is 0.924. The summed E-state index contributed by atoms with van der Waals surface area (Å²) in [6.07, 6.45) is 0. The first-order chi connectivity index (χ1) is 5.07. The number of aliphatic imine (C=N–C) groups is 1. The maximum absolute atomic E-state index is 5.65. The molecule has 2 N–H and O–H groups in total. The normalized spacial score (nSPS) is 12.3. The number of hydrogen-bond acceptors (Lipinski definition) is 1. The summed E-state index contributed by atoms with van der Waals surface area (Å²) in [6.45, 7) is 8.03. The van der Waals surface area contributed by atoms with Crippen molar-refractivity contribution in [3.63, 3.8) is 0 Å². The average molecular weight is 157 g/mol. The zero-order valence-electron chi connectivity index (χ0n) is 7.96. The van der Waals surface area contributed by atoms with Crippen LogP contribution in [-0.4, -0.2) is 31.0 Å². The van der Waals surface area contributed by atoms with Gasteiger partial charge >= 0.3 is 0 Å². The number of guanidine groups is 1. The molecule has 0 rings (SSSR count). The Kier molecular flexibility index (Phi) is 4.66. The zero-order chi connectivity index (χ0) is 8.85. The summed E-state index contributed by atoms with van der Waals surface area (Å²) >= 11 is 0. The molecule has 0 aliphatic rings. The highest BCUT2D eigenvalue weighted by atomic mass is 15.2. The second kappa shape index (κ2) is 4.99. The van der Waals surface area contributed by atoms with Gasteiger partial charge in [0.05, 0.1) is 0 Å². The topological polar surface area (TPSA) is 41.6 Å². The van der Waals surface area contributed by atoms with Crippen LogP contribution < -0.4 is 5.73 Å². The highest BCUT2D eigenvalue weighted by Crippen LogP contribution is 1.94. The van der Waals surface area contributed by atoms with Gasteiger partial charge in [0, 0.05) is 20.1 Å². The van der Waals surface area contributed by atoms with E-state index in [1.165, 1.54) is 0 Å². The summed E-state index contributed by atoms with van der Waals surface area (Å²) in [5.41, 5.74) is 5.65. The Morgan fingerprint density at radius 3 is 2.45 bits per heavy atom. The summed E-state index contributed by atoms with van der Waals surface area (Å²) in [4.78, 5) is 6.08. The SMILES string of the molecule is CCN=C(N)N(C)CC(C)C. The minimum absolute atomic E-state index is 0.630. The number of rotatable bonds is 3. The first-order valence-electron chi connectivity index (χ1n) is 4.09. The van der Waals surface area contributed by atoms with Crippen molar-refractivity contribution < 1.29 is 0 Å². The van der Waals surface area contributed by atoms with Crippen LogP contribution in [0.15, 0.2) is 4.99 Å². The highest BCUT2D eigenvalue weighted by Gasteiger charge is 2.02. The first kappa shape index (κ1) is 10.3. The van der Waals surface area contributed by atoms with E-state index in [2.05, 4.69) is 18.8 Å². The lowest BCUT2D eigenvalue weighted by Gasteiger charge is -2.19. The smallest absolute Gasteiger partial charge is 0.190 e. The van der Waals surface area contributed by atoms with E-state index in [0.717, 1.165) is 13.1 Å². The van der Waals surface area contributed by atoms with Crippen molar-refractivity contribution in [2.45, 2.75) is 20.8 Å². The van der Waals surface area contributed by atoms with Crippen LogP contribution in [0.2, 0.25) is 0 Å². The Morgan fingerprint density at radius 2 is 2.09 bits per heavy atom. The Hall–Kier alpha value is -0.730. The van der Waals surface area contributed by atoms with Gasteiger partial charge in [-0.3, -0.25) is 4.99 Å². The third-order valence-corrected chi connectivity index (χ3v) is 1.35. The molecule has 0 aromatic rings. The molecule has 0 fully saturated rings. The van der Waals surface area contributed by atoms with Gasteiger partial charge in [-0.1, -0.05) is 13.8 Å². The molecule has 0 saturated carbocycles. The Bertz CT molecular complexity index is 129. The van der Waals surface area contributed by atoms with Crippen molar-refractivity contribution in [2.24, 2.45) is 16.6 Å². The second-order valence-corrected chi connectivity index (χ2v) is 3.11. The number of hydrogen-bond donors (Lipinski definition) is 1. The predicted octanol–water partition coefficient (Wildman–Crippen LogP) is 0.909. The molecule has 0 aliphatic carbocycles. The molecule has 0 heterocycles. The third-order valence-electron chi connectivity index (χ3n) is 1.35. The monoisotopic (exact) mass is 157 g/mol. The first-order valence-corrected chi connectivity index (χ1v) is 4.09. The van der Waals surface area contributed by atoms with Gasteiger partial charge in [0.25, 0.3) is 0 Å². The fourth-order valence-corrected chi connectivity index (χ4v) is 0.924. The van der Waals surface area contributed by atoms with Crippen LogP contribution in [0, 0.1) is 5.92 Å². The van der Waals surface area contributed by atoms with E-state index >= 15 is 0 Å². The number of nitrogens with two attached hydrogens (primary N) is 1. The van der Waals surface area contributed by atoms with Crippen molar-refractivity contribution >= 4 is 5.96 Å².